The number of nitrogens with zero attached hydrogens (tertiary/aromatic N) is 2. The molecule has 0 spiro atoms. The lowest BCUT2D eigenvalue weighted by Crippen LogP contribution is -1.99. The number of fused-ring (bicyclic) bond motifs is 1. The lowest BCUT2D eigenvalue weighted by molar-refractivity contribution is 0.286. The van der Waals surface area contributed by atoms with Gasteiger partial charge in [-0.1, -0.05) is 31.9 Å². The van der Waals surface area contributed by atoms with E-state index in [0.717, 1.165) is 40.5 Å². The average Bonchev–Trinajstić information content (AvgIpc) is 3.06. The van der Waals surface area contributed by atoms with E-state index in [4.69, 9.17) is 9.47 Å². The van der Waals surface area contributed by atoms with Crippen LogP contribution in [0, 0.1) is 0 Å². The van der Waals surface area contributed by atoms with Crippen LogP contribution in [-0.4, -0.2) is 28.7 Å². The van der Waals surface area contributed by atoms with Gasteiger partial charge < -0.3 is 14.5 Å². The minimum Gasteiger partial charge on any atom is -0.493 e. The predicted octanol–water partition coefficient (Wildman–Crippen LogP) is 4.71. The van der Waals surface area contributed by atoms with E-state index >= 15 is 0 Å². The molecule has 0 saturated carbocycles. The number of H-pyrrole nitrogens is 1. The molecule has 25 heavy (non-hydrogen) atoms. The van der Waals surface area contributed by atoms with Gasteiger partial charge >= 0.3 is 0 Å². The Morgan fingerprint density at radius 3 is 2.84 bits per heavy atom. The minimum atomic E-state index is 0.701. The van der Waals surface area contributed by atoms with Gasteiger partial charge in [-0.05, 0) is 42.3 Å². The highest BCUT2D eigenvalue weighted by Crippen LogP contribution is 2.29. The Morgan fingerprint density at radius 2 is 2.04 bits per heavy atom. The van der Waals surface area contributed by atoms with Crippen LogP contribution >= 0.6 is 0 Å². The van der Waals surface area contributed by atoms with Crippen molar-refractivity contribution in [1.29, 1.82) is 0 Å². The summed E-state index contributed by atoms with van der Waals surface area (Å²) in [6.45, 7) is 2.88. The summed E-state index contributed by atoms with van der Waals surface area (Å²) < 4.78 is 11.3. The first kappa shape index (κ1) is 17.0. The molecule has 1 N–H and O–H groups in total. The fraction of sp³-hybridized carbons (Fsp3) is 0.300. The Kier molecular flexibility index (Phi) is 5.67. The van der Waals surface area contributed by atoms with Crippen molar-refractivity contribution in [3.63, 3.8) is 0 Å². The van der Waals surface area contributed by atoms with Crippen LogP contribution in [0.5, 0.6) is 11.5 Å². The zero-order valence-electron chi connectivity index (χ0n) is 14.7. The predicted molar refractivity (Wildman–Crippen MR) is 101 cm³/mol. The van der Waals surface area contributed by atoms with Gasteiger partial charge in [-0.15, -0.1) is 0 Å². The number of imidazole rings is 1. The van der Waals surface area contributed by atoms with E-state index in [1.807, 2.05) is 42.5 Å². The number of unbranched alkanes of at least 4 members (excludes halogenated alkanes) is 2. The molecule has 2 heterocycles. The number of methoxy groups -OCH3 is 1. The summed E-state index contributed by atoms with van der Waals surface area (Å²) in [6, 6.07) is 9.76. The molecule has 5 nitrogen and oxygen atoms in total. The number of ether oxygens (including phenoxy) is 2. The third-order valence-electron chi connectivity index (χ3n) is 3.90. The highest BCUT2D eigenvalue weighted by atomic mass is 16.5. The number of hydrogen-bond acceptors (Lipinski definition) is 4. The first-order valence-electron chi connectivity index (χ1n) is 8.60. The summed E-state index contributed by atoms with van der Waals surface area (Å²) >= 11 is 0. The molecular formula is C20H23N3O2. The van der Waals surface area contributed by atoms with Crippen molar-refractivity contribution in [3.8, 4) is 11.5 Å². The molecule has 0 aliphatic carbocycles. The van der Waals surface area contributed by atoms with Crippen molar-refractivity contribution in [2.45, 2.75) is 26.2 Å². The van der Waals surface area contributed by atoms with Crippen LogP contribution in [0.25, 0.3) is 23.3 Å². The van der Waals surface area contributed by atoms with E-state index in [1.54, 1.807) is 13.3 Å². The van der Waals surface area contributed by atoms with Gasteiger partial charge in [-0.2, -0.15) is 0 Å². The highest BCUT2D eigenvalue weighted by Gasteiger charge is 2.05. The van der Waals surface area contributed by atoms with E-state index in [1.165, 1.54) is 12.8 Å². The molecule has 0 unspecified atom stereocenters. The largest absolute Gasteiger partial charge is 0.493 e. The SMILES string of the molecule is CCCCCOc1cc(C=Cc2nc3ncccc3[nH]2)ccc1OC. The number of aromatic nitrogens is 3. The van der Waals surface area contributed by atoms with Crippen molar-refractivity contribution < 1.29 is 9.47 Å². The number of pyridine rings is 1. The summed E-state index contributed by atoms with van der Waals surface area (Å²) in [5.74, 6) is 2.29. The number of hydrogen-bond donors (Lipinski definition) is 1. The first-order valence-corrected chi connectivity index (χ1v) is 8.60. The Balaban J connectivity index is 1.74. The normalized spacial score (nSPS) is 11.3. The number of rotatable bonds is 8. The lowest BCUT2D eigenvalue weighted by atomic mass is 10.2. The molecule has 0 amide bonds. The topological polar surface area (TPSA) is 60.0 Å². The monoisotopic (exact) mass is 337 g/mol. The lowest BCUT2D eigenvalue weighted by Gasteiger charge is -2.11. The van der Waals surface area contributed by atoms with Crippen molar-refractivity contribution in [3.05, 3.63) is 47.9 Å². The fourth-order valence-electron chi connectivity index (χ4n) is 2.56. The van der Waals surface area contributed by atoms with Gasteiger partial charge in [0.1, 0.15) is 5.82 Å². The summed E-state index contributed by atoms with van der Waals surface area (Å²) in [5, 5.41) is 0. The smallest absolute Gasteiger partial charge is 0.178 e. The van der Waals surface area contributed by atoms with Gasteiger partial charge in [0, 0.05) is 6.20 Å². The third kappa shape index (κ3) is 4.38. The summed E-state index contributed by atoms with van der Waals surface area (Å²) in [5.41, 5.74) is 2.67. The van der Waals surface area contributed by atoms with E-state index in [9.17, 15) is 0 Å². The van der Waals surface area contributed by atoms with Crippen LogP contribution in [0.1, 0.15) is 37.6 Å². The van der Waals surface area contributed by atoms with Crippen LogP contribution in [0.4, 0.5) is 0 Å². The van der Waals surface area contributed by atoms with E-state index in [2.05, 4.69) is 21.9 Å². The van der Waals surface area contributed by atoms with Gasteiger partial charge in [-0.25, -0.2) is 9.97 Å². The third-order valence-corrected chi connectivity index (χ3v) is 3.90. The van der Waals surface area contributed by atoms with Crippen LogP contribution in [0.3, 0.4) is 0 Å². The Morgan fingerprint density at radius 1 is 1.12 bits per heavy atom. The second kappa shape index (κ2) is 8.33. The molecule has 0 saturated heterocycles. The van der Waals surface area contributed by atoms with Gasteiger partial charge in [0.2, 0.25) is 0 Å². The van der Waals surface area contributed by atoms with Crippen LogP contribution < -0.4 is 9.47 Å². The zero-order chi connectivity index (χ0) is 17.5. The highest BCUT2D eigenvalue weighted by molar-refractivity contribution is 5.75. The molecule has 0 radical (unpaired) electrons. The average molecular weight is 337 g/mol. The van der Waals surface area contributed by atoms with Gasteiger partial charge in [0.05, 0.1) is 19.2 Å². The van der Waals surface area contributed by atoms with E-state index < -0.39 is 0 Å². The molecule has 3 aromatic rings. The Hall–Kier alpha value is -2.82. The quantitative estimate of drug-likeness (QED) is 0.605. The number of aromatic amines is 1. The molecule has 2 aromatic heterocycles. The maximum atomic E-state index is 5.88. The Labute approximate surface area is 147 Å². The second-order valence-corrected chi connectivity index (χ2v) is 5.80. The molecule has 1 aromatic carbocycles. The first-order chi connectivity index (χ1) is 12.3. The van der Waals surface area contributed by atoms with Crippen molar-refractivity contribution >= 4 is 23.3 Å². The zero-order valence-corrected chi connectivity index (χ0v) is 14.7. The molecular weight excluding hydrogens is 314 g/mol. The Bertz CT molecular complexity index is 822. The van der Waals surface area contributed by atoms with Crippen molar-refractivity contribution in [2.75, 3.05) is 13.7 Å². The minimum absolute atomic E-state index is 0.701. The molecule has 0 fully saturated rings. The molecule has 3 rings (SSSR count). The van der Waals surface area contributed by atoms with Gasteiger partial charge in [-0.3, -0.25) is 0 Å². The summed E-state index contributed by atoms with van der Waals surface area (Å²) in [7, 11) is 1.66. The summed E-state index contributed by atoms with van der Waals surface area (Å²) in [6.07, 6.45) is 9.06. The maximum Gasteiger partial charge on any atom is 0.178 e. The fourth-order valence-corrected chi connectivity index (χ4v) is 2.56. The molecule has 0 aliphatic rings. The number of nitrogens with one attached hydrogen (secondary N) is 1. The molecule has 5 heteroatoms. The van der Waals surface area contributed by atoms with Gasteiger partial charge in [0.15, 0.2) is 17.1 Å². The van der Waals surface area contributed by atoms with E-state index in [0.29, 0.717) is 6.61 Å². The standard InChI is InChI=1S/C20H23N3O2/c1-3-4-5-13-25-18-14-15(8-10-17(18)24-2)9-11-19-22-16-7-6-12-21-20(16)23-19/h6-12,14H,3-5,13H2,1-2H3,(H,21,22,23). The van der Waals surface area contributed by atoms with Crippen molar-refractivity contribution in [1.82, 2.24) is 15.0 Å². The van der Waals surface area contributed by atoms with Crippen LogP contribution in [0.15, 0.2) is 36.5 Å². The molecule has 0 bridgehead atoms. The maximum absolute atomic E-state index is 5.88. The molecule has 0 aliphatic heterocycles. The molecule has 0 atom stereocenters. The second-order valence-electron chi connectivity index (χ2n) is 5.80. The van der Waals surface area contributed by atoms with Gasteiger partial charge in [0.25, 0.3) is 0 Å². The van der Waals surface area contributed by atoms with Crippen LogP contribution in [0.2, 0.25) is 0 Å². The number of benzene rings is 1. The molecule has 130 valence electrons. The summed E-state index contributed by atoms with van der Waals surface area (Å²) in [4.78, 5) is 11.9. The van der Waals surface area contributed by atoms with Crippen LogP contribution in [-0.2, 0) is 0 Å². The van der Waals surface area contributed by atoms with E-state index in [-0.39, 0.29) is 0 Å². The van der Waals surface area contributed by atoms with Crippen molar-refractivity contribution in [2.24, 2.45) is 0 Å².